The Morgan fingerprint density at radius 1 is 1.24 bits per heavy atom. The number of aryl methyl sites for hydroxylation is 1. The fraction of sp³-hybridized carbons (Fsp3) is 0.474. The SMILES string of the molecule is CCCOC(=O)c1c(NC(=O)Cn2nc(C)c(Cl)c2C)sc(C(=O)N(C)C)c1C. The highest BCUT2D eigenvalue weighted by Gasteiger charge is 2.27. The van der Waals surface area contributed by atoms with Crippen LogP contribution < -0.4 is 5.32 Å². The Bertz CT molecular complexity index is 949. The Labute approximate surface area is 178 Å². The molecule has 0 aliphatic heterocycles. The number of nitrogens with zero attached hydrogens (tertiary/aromatic N) is 3. The van der Waals surface area contributed by atoms with Crippen LogP contribution in [0.25, 0.3) is 0 Å². The average molecular weight is 441 g/mol. The Balaban J connectivity index is 2.35. The lowest BCUT2D eigenvalue weighted by molar-refractivity contribution is -0.116. The first-order valence-corrected chi connectivity index (χ1v) is 10.3. The second-order valence-corrected chi connectivity index (χ2v) is 8.19. The summed E-state index contributed by atoms with van der Waals surface area (Å²) < 4.78 is 6.74. The first kappa shape index (κ1) is 22.9. The number of thiophene rings is 1. The summed E-state index contributed by atoms with van der Waals surface area (Å²) in [6.07, 6.45) is 0.665. The molecule has 0 aliphatic carbocycles. The normalized spacial score (nSPS) is 10.7. The van der Waals surface area contributed by atoms with E-state index in [1.807, 2.05) is 6.92 Å². The molecule has 0 aliphatic rings. The Kier molecular flexibility index (Phi) is 7.43. The summed E-state index contributed by atoms with van der Waals surface area (Å²) in [6, 6.07) is 0. The van der Waals surface area contributed by atoms with Crippen molar-refractivity contribution in [2.75, 3.05) is 26.0 Å². The highest BCUT2D eigenvalue weighted by atomic mass is 35.5. The van der Waals surface area contributed by atoms with Crippen LogP contribution in [0.4, 0.5) is 5.00 Å². The molecule has 1 N–H and O–H groups in total. The average Bonchev–Trinajstić information content (AvgIpc) is 3.10. The molecule has 0 saturated carbocycles. The Hall–Kier alpha value is -2.39. The maximum absolute atomic E-state index is 12.6. The van der Waals surface area contributed by atoms with E-state index in [0.29, 0.717) is 33.3 Å². The number of carbonyl (C=O) groups is 3. The molecule has 0 fully saturated rings. The van der Waals surface area contributed by atoms with Gasteiger partial charge >= 0.3 is 5.97 Å². The number of nitrogens with one attached hydrogen (secondary N) is 1. The third kappa shape index (κ3) is 4.97. The number of ether oxygens (including phenoxy) is 1. The maximum atomic E-state index is 12.6. The zero-order valence-corrected chi connectivity index (χ0v) is 19.0. The molecule has 0 bridgehead atoms. The molecule has 2 amide bonds. The number of amides is 2. The minimum atomic E-state index is -0.567. The van der Waals surface area contributed by atoms with Crippen LogP contribution in [0.5, 0.6) is 0 Å². The van der Waals surface area contributed by atoms with Crippen LogP contribution in [0.3, 0.4) is 0 Å². The predicted molar refractivity (Wildman–Crippen MR) is 113 cm³/mol. The van der Waals surface area contributed by atoms with Gasteiger partial charge < -0.3 is 15.0 Å². The summed E-state index contributed by atoms with van der Waals surface area (Å²) in [5.74, 6) is -1.20. The molecule has 0 aromatic carbocycles. The Morgan fingerprint density at radius 3 is 2.41 bits per heavy atom. The monoisotopic (exact) mass is 440 g/mol. The van der Waals surface area contributed by atoms with Crippen molar-refractivity contribution in [3.63, 3.8) is 0 Å². The summed E-state index contributed by atoms with van der Waals surface area (Å²) in [5, 5.41) is 7.76. The van der Waals surface area contributed by atoms with Gasteiger partial charge in [-0.25, -0.2) is 4.79 Å². The number of hydrogen-bond acceptors (Lipinski definition) is 6. The molecule has 10 heteroatoms. The van der Waals surface area contributed by atoms with Gasteiger partial charge in [0.15, 0.2) is 0 Å². The lowest BCUT2D eigenvalue weighted by Crippen LogP contribution is -2.21. The van der Waals surface area contributed by atoms with Crippen LogP contribution in [0.2, 0.25) is 5.02 Å². The van der Waals surface area contributed by atoms with Crippen molar-refractivity contribution in [3.8, 4) is 0 Å². The van der Waals surface area contributed by atoms with E-state index in [1.54, 1.807) is 34.9 Å². The molecule has 8 nitrogen and oxygen atoms in total. The van der Waals surface area contributed by atoms with Gasteiger partial charge in [-0.15, -0.1) is 11.3 Å². The first-order chi connectivity index (χ1) is 13.6. The van der Waals surface area contributed by atoms with E-state index < -0.39 is 5.97 Å². The zero-order chi connectivity index (χ0) is 21.9. The lowest BCUT2D eigenvalue weighted by Gasteiger charge is -2.09. The lowest BCUT2D eigenvalue weighted by atomic mass is 10.1. The van der Waals surface area contributed by atoms with E-state index in [4.69, 9.17) is 16.3 Å². The standard InChI is InChI=1S/C19H25ClN4O4S/c1-7-8-28-19(27)14-10(2)16(18(26)23(5)6)29-17(14)21-13(25)9-24-12(4)15(20)11(3)22-24/h7-9H2,1-6H3,(H,21,25). The number of hydrogen-bond donors (Lipinski definition) is 1. The number of rotatable bonds is 7. The summed E-state index contributed by atoms with van der Waals surface area (Å²) in [5.41, 5.74) is 1.99. The van der Waals surface area contributed by atoms with Gasteiger partial charge in [-0.1, -0.05) is 18.5 Å². The smallest absolute Gasteiger partial charge is 0.341 e. The van der Waals surface area contributed by atoms with Crippen LogP contribution in [0.1, 0.15) is 50.3 Å². The molecule has 0 atom stereocenters. The third-order valence-electron chi connectivity index (χ3n) is 4.23. The van der Waals surface area contributed by atoms with Crippen LogP contribution in [-0.4, -0.2) is 53.2 Å². The van der Waals surface area contributed by atoms with Crippen molar-refractivity contribution >= 4 is 45.7 Å². The van der Waals surface area contributed by atoms with Crippen molar-refractivity contribution in [3.05, 3.63) is 32.4 Å². The topological polar surface area (TPSA) is 93.5 Å². The molecule has 2 aromatic rings. The van der Waals surface area contributed by atoms with Crippen LogP contribution in [-0.2, 0) is 16.1 Å². The van der Waals surface area contributed by atoms with E-state index in [-0.39, 0.29) is 35.5 Å². The molecule has 0 saturated heterocycles. The van der Waals surface area contributed by atoms with Crippen molar-refractivity contribution in [1.29, 1.82) is 0 Å². The molecule has 29 heavy (non-hydrogen) atoms. The van der Waals surface area contributed by atoms with Crippen LogP contribution in [0.15, 0.2) is 0 Å². The van der Waals surface area contributed by atoms with E-state index in [2.05, 4.69) is 10.4 Å². The van der Waals surface area contributed by atoms with Gasteiger partial charge in [0.25, 0.3) is 5.91 Å². The summed E-state index contributed by atoms with van der Waals surface area (Å²) in [4.78, 5) is 39.4. The fourth-order valence-electron chi connectivity index (χ4n) is 2.65. The van der Waals surface area contributed by atoms with Crippen molar-refractivity contribution < 1.29 is 19.1 Å². The molecule has 2 heterocycles. The largest absolute Gasteiger partial charge is 0.462 e. The fourth-order valence-corrected chi connectivity index (χ4v) is 4.02. The van der Waals surface area contributed by atoms with Gasteiger partial charge in [0.1, 0.15) is 11.5 Å². The van der Waals surface area contributed by atoms with E-state index in [9.17, 15) is 14.4 Å². The van der Waals surface area contributed by atoms with Crippen molar-refractivity contribution in [2.24, 2.45) is 0 Å². The predicted octanol–water partition coefficient (Wildman–Crippen LogP) is 3.43. The second-order valence-electron chi connectivity index (χ2n) is 6.79. The minimum absolute atomic E-state index is 0.0727. The number of anilines is 1. The summed E-state index contributed by atoms with van der Waals surface area (Å²) in [6.45, 7) is 7.27. The molecule has 158 valence electrons. The first-order valence-electron chi connectivity index (χ1n) is 9.09. The summed E-state index contributed by atoms with van der Waals surface area (Å²) >= 11 is 7.19. The van der Waals surface area contributed by atoms with Gasteiger partial charge in [0, 0.05) is 14.1 Å². The van der Waals surface area contributed by atoms with Gasteiger partial charge in [-0.05, 0) is 32.8 Å². The Morgan fingerprint density at radius 2 is 1.90 bits per heavy atom. The highest BCUT2D eigenvalue weighted by molar-refractivity contribution is 7.18. The van der Waals surface area contributed by atoms with Gasteiger partial charge in [-0.2, -0.15) is 5.10 Å². The molecule has 0 unspecified atom stereocenters. The van der Waals surface area contributed by atoms with E-state index in [1.165, 1.54) is 9.58 Å². The minimum Gasteiger partial charge on any atom is -0.462 e. The van der Waals surface area contributed by atoms with Crippen LogP contribution in [0, 0.1) is 20.8 Å². The maximum Gasteiger partial charge on any atom is 0.341 e. The molecule has 0 radical (unpaired) electrons. The molecule has 2 rings (SSSR count). The third-order valence-corrected chi connectivity index (χ3v) is 5.97. The number of aromatic nitrogens is 2. The molecular weight excluding hydrogens is 416 g/mol. The molecular formula is C19H25ClN4O4S. The quantitative estimate of drug-likeness (QED) is 0.665. The van der Waals surface area contributed by atoms with Gasteiger partial charge in [-0.3, -0.25) is 14.3 Å². The molecule has 0 spiro atoms. The van der Waals surface area contributed by atoms with Crippen molar-refractivity contribution in [2.45, 2.75) is 40.7 Å². The zero-order valence-electron chi connectivity index (χ0n) is 17.4. The van der Waals surface area contributed by atoms with Gasteiger partial charge in [0.2, 0.25) is 5.91 Å². The van der Waals surface area contributed by atoms with E-state index in [0.717, 1.165) is 11.3 Å². The van der Waals surface area contributed by atoms with Crippen molar-refractivity contribution in [1.82, 2.24) is 14.7 Å². The van der Waals surface area contributed by atoms with Gasteiger partial charge in [0.05, 0.1) is 33.5 Å². The summed E-state index contributed by atoms with van der Waals surface area (Å²) in [7, 11) is 3.25. The number of esters is 1. The number of carbonyl (C=O) groups excluding carboxylic acids is 3. The highest BCUT2D eigenvalue weighted by Crippen LogP contribution is 2.34. The molecule has 2 aromatic heterocycles. The van der Waals surface area contributed by atoms with E-state index >= 15 is 0 Å². The second kappa shape index (κ2) is 9.41. The van der Waals surface area contributed by atoms with Crippen LogP contribution >= 0.6 is 22.9 Å². The number of halogens is 1.